The zero-order valence-corrected chi connectivity index (χ0v) is 44.3. The van der Waals surface area contributed by atoms with E-state index in [1.807, 2.05) is 148 Å². The zero-order chi connectivity index (χ0) is 50.4. The van der Waals surface area contributed by atoms with E-state index in [0.717, 1.165) is 50.7 Å². The Morgan fingerprint density at radius 2 is 1.25 bits per heavy atom. The van der Waals surface area contributed by atoms with E-state index < -0.39 is 26.2 Å². The van der Waals surface area contributed by atoms with Crippen molar-refractivity contribution in [3.63, 3.8) is 0 Å². The minimum Gasteiger partial charge on any atom is -0.392 e. The average Bonchev–Trinajstić information content (AvgIpc) is 4.11. The van der Waals surface area contributed by atoms with Gasteiger partial charge in [-0.3, -0.25) is 4.55 Å². The van der Waals surface area contributed by atoms with E-state index in [4.69, 9.17) is 49.9 Å². The minimum atomic E-state index is -3.69. The number of amidine groups is 1. The van der Waals surface area contributed by atoms with Gasteiger partial charge in [-0.15, -0.1) is 0 Å². The molecule has 2 atom stereocenters. The normalized spacial score (nSPS) is 14.9. The molecule has 3 N–H and O–H groups in total. The van der Waals surface area contributed by atoms with Crippen LogP contribution in [0.4, 0.5) is 17.5 Å². The van der Waals surface area contributed by atoms with Crippen LogP contribution in [0.2, 0.25) is 0 Å². The number of nitrogens with one attached hydrogen (secondary N) is 1. The topological polar surface area (TPSA) is 227 Å². The Bertz CT molecular complexity index is 3070. The molecule has 0 saturated carbocycles. The number of hydrogen-bond donors (Lipinski definition) is 3. The Hall–Kier alpha value is -5.20. The van der Waals surface area contributed by atoms with Crippen molar-refractivity contribution >= 4 is 71.1 Å². The summed E-state index contributed by atoms with van der Waals surface area (Å²) in [7, 11) is -6.84. The van der Waals surface area contributed by atoms with Crippen molar-refractivity contribution < 1.29 is 43.6 Å². The van der Waals surface area contributed by atoms with Gasteiger partial charge in [-0.1, -0.05) is 173 Å². The average molecular weight is 1030 g/mol. The van der Waals surface area contributed by atoms with Gasteiger partial charge in [-0.25, -0.2) is 13.1 Å². The largest absolute Gasteiger partial charge is 0.392 e. The van der Waals surface area contributed by atoms with Crippen LogP contribution in [0.5, 0.6) is 0 Å². The van der Waals surface area contributed by atoms with E-state index in [2.05, 4.69) is 16.9 Å². The Labute approximate surface area is 419 Å². The predicted octanol–water partition coefficient (Wildman–Crippen LogP) is 8.53. The van der Waals surface area contributed by atoms with E-state index in [-0.39, 0.29) is 41.0 Å². The van der Waals surface area contributed by atoms with Gasteiger partial charge in [-0.05, 0) is 69.9 Å². The number of aliphatic hydroxyl groups is 1. The molecule has 5 aromatic rings. The van der Waals surface area contributed by atoms with Crippen LogP contribution in [-0.2, 0) is 43.6 Å². The van der Waals surface area contributed by atoms with Crippen molar-refractivity contribution in [3.8, 4) is 0 Å². The summed E-state index contributed by atoms with van der Waals surface area (Å²) in [4.78, 5) is 34.6. The molecule has 381 valence electrons. The number of aliphatic imine (C=N–C) groups is 1. The van der Waals surface area contributed by atoms with Crippen molar-refractivity contribution in [2.24, 2.45) is 25.9 Å². The molecule has 15 nitrogen and oxygen atoms in total. The molecule has 69 heavy (non-hydrogen) atoms. The second-order valence-corrected chi connectivity index (χ2v) is 18.0. The van der Waals surface area contributed by atoms with Crippen LogP contribution in [0, 0.1) is 5.92 Å². The molecule has 2 unspecified atom stereocenters. The van der Waals surface area contributed by atoms with Gasteiger partial charge >= 0.3 is 0 Å². The Balaban J connectivity index is 0.000000472. The van der Waals surface area contributed by atoms with Crippen LogP contribution < -0.4 is 41.4 Å². The van der Waals surface area contributed by atoms with E-state index in [1.54, 1.807) is 6.92 Å². The maximum absolute atomic E-state index is 11.1. The smallest absolute Gasteiger partial charge is 0.264 e. The molecule has 2 aliphatic carbocycles. The molecular weight excluding hydrogens is 962 g/mol. The number of rotatable bonds is 9. The van der Waals surface area contributed by atoms with Gasteiger partial charge in [0.05, 0.1) is 17.6 Å². The number of hydrogen-bond acceptors (Lipinski definition) is 9. The van der Waals surface area contributed by atoms with Gasteiger partial charge in [0.1, 0.15) is 0 Å². The van der Waals surface area contributed by atoms with Gasteiger partial charge in [0.25, 0.3) is 10.1 Å². The molecule has 0 fully saturated rings. The molecule has 18 heteroatoms. The molecule has 3 aromatic heterocycles. The van der Waals surface area contributed by atoms with Crippen LogP contribution in [-0.4, -0.2) is 56.5 Å². The predicted molar refractivity (Wildman–Crippen MR) is 278 cm³/mol. The van der Waals surface area contributed by atoms with Gasteiger partial charge < -0.3 is 45.3 Å². The summed E-state index contributed by atoms with van der Waals surface area (Å²) in [6.07, 6.45) is 17.3. The quantitative estimate of drug-likeness (QED) is 0.0948. The summed E-state index contributed by atoms with van der Waals surface area (Å²) in [6, 6.07) is 16.0. The SMILES string of the molecule is C1=CCc2c3[n-]c(c2=C1)=Nc1[n-]c(c2ccccc12)N=C1[N-]C(=C2C=CC=CC12)N=c1[n-]c(c2ccccc12)=N3.CC.CC.CC.CC.CCCCS(=O)(=O)NCC(C)O.CCCCS(=O)(=O)O.[Cu]. The minimum absolute atomic E-state index is 0. The van der Waals surface area contributed by atoms with E-state index in [1.165, 1.54) is 0 Å². The fraction of sp³-hybridized carbons (Fsp3) is 0.412. The first-order chi connectivity index (χ1) is 32.8. The van der Waals surface area contributed by atoms with Gasteiger partial charge in [0.15, 0.2) is 0 Å². The fourth-order valence-corrected chi connectivity index (χ4v) is 8.68. The van der Waals surface area contributed by atoms with Gasteiger partial charge in [0.2, 0.25) is 10.0 Å². The summed E-state index contributed by atoms with van der Waals surface area (Å²) < 4.78 is 52.5. The fourth-order valence-electron chi connectivity index (χ4n) is 6.71. The number of aliphatic hydroxyl groups excluding tert-OH is 1. The third-order valence-corrected chi connectivity index (χ3v) is 12.0. The van der Waals surface area contributed by atoms with E-state index in [9.17, 15) is 16.8 Å². The molecule has 9 rings (SSSR count). The summed E-state index contributed by atoms with van der Waals surface area (Å²) in [5.41, 5.74) is 3.75. The summed E-state index contributed by atoms with van der Waals surface area (Å²) in [5, 5.41) is 18.3. The monoisotopic (exact) mass is 1030 g/mol. The summed E-state index contributed by atoms with van der Waals surface area (Å²) in [5.74, 6) is 2.93. The van der Waals surface area contributed by atoms with Crippen molar-refractivity contribution in [3.05, 3.63) is 129 Å². The molecule has 0 saturated heterocycles. The first-order valence-corrected chi connectivity index (χ1v) is 27.1. The molecule has 5 heterocycles. The second-order valence-electron chi connectivity index (χ2n) is 14.5. The van der Waals surface area contributed by atoms with Crippen molar-refractivity contribution in [2.75, 3.05) is 18.1 Å². The standard InChI is InChI=1S/C32H18N8.C7H17NO3S.C4H10O3S.4C2H6.Cu/c1-2-10-18-17(9-1)25-33-26(18)38-28-21-13-5-6-14-22(21)30(35-28)40-32-24-16-8-7-15-23(24)31(36-32)39-29-20-12-4-3-11-19(20)27(34-29)37-25;1-3-4-5-12(10,11)8-6-7(2)9;1-2-3-4-8(5,6)7;4*1-2;/h1-15,17H,16H2;7-9H,3-6H2,1-2H3;2-4H2,1H3,(H,5,6,7);4*1-2H3;/q-4;;;;;;;. The molecule has 0 amide bonds. The third-order valence-electron chi connectivity index (χ3n) is 9.77. The Morgan fingerprint density at radius 1 is 0.696 bits per heavy atom. The molecular formula is C51H69CuN9O6S2-4. The molecule has 1 radical (unpaired) electrons. The third kappa shape index (κ3) is 16.4. The van der Waals surface area contributed by atoms with Gasteiger partial charge in [-0.2, -0.15) is 8.42 Å². The first kappa shape index (κ1) is 59.9. The Kier molecular flexibility index (Phi) is 25.8. The van der Waals surface area contributed by atoms with Crippen LogP contribution in [0.15, 0.2) is 116 Å². The number of unbranched alkanes of at least 4 members (excludes halogenated alkanes) is 2. The zero-order valence-electron chi connectivity index (χ0n) is 41.7. The van der Waals surface area contributed by atoms with Crippen LogP contribution in [0.1, 0.15) is 107 Å². The number of allylic oxidation sites excluding steroid dienone is 5. The summed E-state index contributed by atoms with van der Waals surface area (Å²) in [6.45, 7) is 21.4. The van der Waals surface area contributed by atoms with Crippen molar-refractivity contribution in [2.45, 2.75) is 114 Å². The maximum atomic E-state index is 11.1. The molecule has 4 aliphatic rings. The molecule has 2 aromatic carbocycles. The number of fused-ring (bicyclic) bond motifs is 19. The molecule has 8 bridgehead atoms. The first-order valence-electron chi connectivity index (χ1n) is 23.8. The number of nitrogens with zero attached hydrogens (tertiary/aromatic N) is 8. The molecule has 2 aliphatic heterocycles. The van der Waals surface area contributed by atoms with Crippen molar-refractivity contribution in [1.82, 2.24) is 19.7 Å². The maximum Gasteiger partial charge on any atom is 0.264 e. The Morgan fingerprint density at radius 3 is 1.81 bits per heavy atom. The number of aromatic nitrogens is 3. The van der Waals surface area contributed by atoms with E-state index >= 15 is 0 Å². The van der Waals surface area contributed by atoms with E-state index in [0.29, 0.717) is 64.8 Å². The number of sulfonamides is 1. The second kappa shape index (κ2) is 29.7. The van der Waals surface area contributed by atoms with Crippen LogP contribution in [0.3, 0.4) is 0 Å². The van der Waals surface area contributed by atoms with Crippen LogP contribution in [0.25, 0.3) is 32.9 Å². The number of benzene rings is 2. The molecule has 0 spiro atoms. The van der Waals surface area contributed by atoms with Gasteiger partial charge in [0, 0.05) is 69.3 Å². The van der Waals surface area contributed by atoms with Crippen LogP contribution >= 0.6 is 0 Å². The van der Waals surface area contributed by atoms with Crippen molar-refractivity contribution in [1.29, 1.82) is 0 Å². The summed E-state index contributed by atoms with van der Waals surface area (Å²) >= 11 is 0.